The van der Waals surface area contributed by atoms with E-state index >= 15 is 0 Å². The molecular formula is C20H26N2O5S. The van der Waals surface area contributed by atoms with Gasteiger partial charge in [0.1, 0.15) is 5.78 Å². The minimum Gasteiger partial charge on any atom is -0.379 e. The number of hydrogen-bond donors (Lipinski definition) is 1. The van der Waals surface area contributed by atoms with E-state index in [1.54, 1.807) is 18.2 Å². The molecule has 1 N–H and O–H groups in total. The van der Waals surface area contributed by atoms with Crippen molar-refractivity contribution in [1.29, 1.82) is 0 Å². The molecule has 2 aliphatic carbocycles. The fourth-order valence-electron chi connectivity index (χ4n) is 4.61. The summed E-state index contributed by atoms with van der Waals surface area (Å²) in [5.41, 5.74) is 0.474. The van der Waals surface area contributed by atoms with Crippen LogP contribution in [0.25, 0.3) is 0 Å². The molecule has 3 atom stereocenters. The minimum absolute atomic E-state index is 0.0104. The van der Waals surface area contributed by atoms with Crippen molar-refractivity contribution in [3.05, 3.63) is 24.3 Å². The fourth-order valence-corrected chi connectivity index (χ4v) is 6.06. The maximum absolute atomic E-state index is 12.8. The molecule has 0 spiro atoms. The molecule has 1 saturated heterocycles. The van der Waals surface area contributed by atoms with E-state index in [1.165, 1.54) is 10.4 Å². The van der Waals surface area contributed by atoms with Crippen LogP contribution < -0.4 is 5.32 Å². The molecule has 4 rings (SSSR count). The zero-order valence-electron chi connectivity index (χ0n) is 15.8. The number of carbonyl (C=O) groups is 2. The average molecular weight is 407 g/mol. The van der Waals surface area contributed by atoms with Gasteiger partial charge in [0.2, 0.25) is 15.9 Å². The normalized spacial score (nSPS) is 28.7. The lowest BCUT2D eigenvalue weighted by atomic mass is 9.67. The van der Waals surface area contributed by atoms with E-state index in [1.807, 2.05) is 0 Å². The van der Waals surface area contributed by atoms with Gasteiger partial charge < -0.3 is 10.1 Å². The van der Waals surface area contributed by atoms with Crippen LogP contribution >= 0.6 is 0 Å². The van der Waals surface area contributed by atoms with Gasteiger partial charge in [0.25, 0.3) is 0 Å². The number of amides is 1. The van der Waals surface area contributed by atoms with Crippen LogP contribution in [0.4, 0.5) is 5.69 Å². The number of benzene rings is 1. The second-order valence-electron chi connectivity index (χ2n) is 7.93. The molecule has 2 saturated carbocycles. The molecule has 1 aromatic carbocycles. The number of Topliss-reactive ketones (excluding diaryl/α,β-unsaturated/α-hetero) is 1. The molecule has 2 bridgehead atoms. The number of ketones is 1. The predicted molar refractivity (Wildman–Crippen MR) is 103 cm³/mol. The van der Waals surface area contributed by atoms with Crippen LogP contribution in [-0.4, -0.2) is 50.7 Å². The Labute approximate surface area is 165 Å². The number of nitrogens with one attached hydrogen (secondary N) is 1. The molecule has 7 nitrogen and oxygen atoms in total. The Morgan fingerprint density at radius 1 is 1.11 bits per heavy atom. The second-order valence-corrected chi connectivity index (χ2v) is 9.87. The first-order chi connectivity index (χ1) is 13.4. The van der Waals surface area contributed by atoms with Crippen LogP contribution in [0.2, 0.25) is 0 Å². The number of hydrogen-bond acceptors (Lipinski definition) is 5. The number of fused-ring (bicyclic) bond motifs is 2. The molecule has 28 heavy (non-hydrogen) atoms. The summed E-state index contributed by atoms with van der Waals surface area (Å²) in [6.45, 7) is 1.44. The largest absolute Gasteiger partial charge is 0.379 e. The molecule has 1 aromatic rings. The third kappa shape index (κ3) is 3.86. The molecule has 3 fully saturated rings. The van der Waals surface area contributed by atoms with Crippen molar-refractivity contribution in [2.75, 3.05) is 31.6 Å². The number of rotatable bonds is 4. The van der Waals surface area contributed by atoms with Crippen LogP contribution in [0.15, 0.2) is 29.2 Å². The van der Waals surface area contributed by atoms with E-state index in [2.05, 4.69) is 5.32 Å². The highest BCUT2D eigenvalue weighted by Crippen LogP contribution is 2.40. The summed E-state index contributed by atoms with van der Waals surface area (Å²) >= 11 is 0. The van der Waals surface area contributed by atoms with Gasteiger partial charge in [-0.05, 0) is 43.9 Å². The lowest BCUT2D eigenvalue weighted by Gasteiger charge is -2.36. The lowest BCUT2D eigenvalue weighted by molar-refractivity contribution is -0.136. The Morgan fingerprint density at radius 2 is 1.79 bits per heavy atom. The van der Waals surface area contributed by atoms with E-state index in [0.29, 0.717) is 50.6 Å². The van der Waals surface area contributed by atoms with Crippen LogP contribution in [0.3, 0.4) is 0 Å². The maximum Gasteiger partial charge on any atom is 0.243 e. The standard InChI is InChI=1S/C20H26N2O5S/c23-19-14-3-1-4-15(19)12-16(11-14)20(24)21-17-5-2-6-18(13-17)28(25,26)22-7-9-27-10-8-22/h2,5-6,13-16H,1,3-4,7-12H2,(H,21,24)/t14-,15+,16?. The van der Waals surface area contributed by atoms with Gasteiger partial charge >= 0.3 is 0 Å². The van der Waals surface area contributed by atoms with Crippen molar-refractivity contribution in [2.45, 2.75) is 37.0 Å². The van der Waals surface area contributed by atoms with Gasteiger partial charge in [0, 0.05) is 36.5 Å². The van der Waals surface area contributed by atoms with Gasteiger partial charge in [0.15, 0.2) is 0 Å². The van der Waals surface area contributed by atoms with E-state index in [0.717, 1.165) is 19.3 Å². The number of anilines is 1. The SMILES string of the molecule is O=C(Nc1cccc(S(=O)(=O)N2CCOCC2)c1)C1C[C@H]2CCC[C@@H](C1)C2=O. The van der Waals surface area contributed by atoms with Crippen LogP contribution in [-0.2, 0) is 24.3 Å². The molecule has 8 heteroatoms. The van der Waals surface area contributed by atoms with Crippen molar-refractivity contribution >= 4 is 27.4 Å². The topological polar surface area (TPSA) is 92.8 Å². The zero-order valence-corrected chi connectivity index (χ0v) is 16.6. The summed E-state index contributed by atoms with van der Waals surface area (Å²) in [5.74, 6) is 0.0410. The highest BCUT2D eigenvalue weighted by atomic mass is 32.2. The van der Waals surface area contributed by atoms with Gasteiger partial charge in [0.05, 0.1) is 18.1 Å². The molecule has 0 aromatic heterocycles. The van der Waals surface area contributed by atoms with Gasteiger partial charge in [-0.15, -0.1) is 0 Å². The van der Waals surface area contributed by atoms with Gasteiger partial charge in [-0.25, -0.2) is 8.42 Å². The van der Waals surface area contributed by atoms with E-state index in [-0.39, 0.29) is 28.6 Å². The Bertz CT molecular complexity index is 847. The first-order valence-electron chi connectivity index (χ1n) is 9.97. The molecule has 0 radical (unpaired) electrons. The fraction of sp³-hybridized carbons (Fsp3) is 0.600. The summed E-state index contributed by atoms with van der Waals surface area (Å²) in [5, 5.41) is 2.87. The van der Waals surface area contributed by atoms with E-state index in [9.17, 15) is 18.0 Å². The first kappa shape index (κ1) is 19.5. The Morgan fingerprint density at radius 3 is 2.46 bits per heavy atom. The molecule has 3 aliphatic rings. The van der Waals surface area contributed by atoms with Crippen molar-refractivity contribution in [3.63, 3.8) is 0 Å². The summed E-state index contributed by atoms with van der Waals surface area (Å²) in [6, 6.07) is 6.40. The summed E-state index contributed by atoms with van der Waals surface area (Å²) in [4.78, 5) is 25.2. The Kier molecular flexibility index (Phi) is 5.53. The number of morpholine rings is 1. The van der Waals surface area contributed by atoms with Crippen molar-refractivity contribution in [2.24, 2.45) is 17.8 Å². The van der Waals surface area contributed by atoms with Gasteiger partial charge in [-0.3, -0.25) is 9.59 Å². The third-order valence-electron chi connectivity index (χ3n) is 6.13. The number of nitrogens with zero attached hydrogens (tertiary/aromatic N) is 1. The first-order valence-corrected chi connectivity index (χ1v) is 11.4. The molecule has 1 heterocycles. The smallest absolute Gasteiger partial charge is 0.243 e. The highest BCUT2D eigenvalue weighted by molar-refractivity contribution is 7.89. The van der Waals surface area contributed by atoms with E-state index < -0.39 is 10.0 Å². The number of sulfonamides is 1. The van der Waals surface area contributed by atoms with Gasteiger partial charge in [-0.2, -0.15) is 4.31 Å². The molecule has 1 amide bonds. The van der Waals surface area contributed by atoms with Crippen LogP contribution in [0.5, 0.6) is 0 Å². The molecule has 152 valence electrons. The van der Waals surface area contributed by atoms with Crippen molar-refractivity contribution < 1.29 is 22.7 Å². The van der Waals surface area contributed by atoms with Crippen molar-refractivity contribution in [3.8, 4) is 0 Å². The highest BCUT2D eigenvalue weighted by Gasteiger charge is 2.41. The number of ether oxygens (including phenoxy) is 1. The maximum atomic E-state index is 12.8. The molecule has 1 unspecified atom stereocenters. The van der Waals surface area contributed by atoms with E-state index in [4.69, 9.17) is 4.74 Å². The monoisotopic (exact) mass is 406 g/mol. The second kappa shape index (κ2) is 7.93. The van der Waals surface area contributed by atoms with Crippen molar-refractivity contribution in [1.82, 2.24) is 4.31 Å². The van der Waals surface area contributed by atoms with Crippen LogP contribution in [0.1, 0.15) is 32.1 Å². The Balaban J connectivity index is 1.46. The van der Waals surface area contributed by atoms with Gasteiger partial charge in [-0.1, -0.05) is 12.5 Å². The summed E-state index contributed by atoms with van der Waals surface area (Å²) in [6.07, 6.45) is 4.04. The lowest BCUT2D eigenvalue weighted by Crippen LogP contribution is -2.41. The quantitative estimate of drug-likeness (QED) is 0.826. The molecular weight excluding hydrogens is 380 g/mol. The number of carbonyl (C=O) groups excluding carboxylic acids is 2. The predicted octanol–water partition coefficient (Wildman–Crippen LogP) is 2.04. The summed E-state index contributed by atoms with van der Waals surface area (Å²) < 4.78 is 32.3. The minimum atomic E-state index is -3.61. The van der Waals surface area contributed by atoms with Crippen LogP contribution in [0, 0.1) is 17.8 Å². The zero-order chi connectivity index (χ0) is 19.7. The summed E-state index contributed by atoms with van der Waals surface area (Å²) in [7, 11) is -3.61. The average Bonchev–Trinajstić information content (AvgIpc) is 2.68. The Hall–Kier alpha value is -1.77. The molecule has 1 aliphatic heterocycles. The third-order valence-corrected chi connectivity index (χ3v) is 8.02.